The fourth-order valence-corrected chi connectivity index (χ4v) is 6.47. The molecule has 4 aliphatic rings. The standard InChI is InChI=1S/C31H39N3O7/c1-21-19-32-24(36)14-7-6-13-23-25(30(39)40-21)26-28(37)34(17-8-3-9-18-35)27-29(38)33(16-10-15-31(26,27)41-23)20-22-11-4-2-5-12-22/h2,4-6,10-13,15,21,23,25-27,35H,3,7-9,14,16-20H2,1H3,(H,32,36)/b13-6-/t21-,23-,25+,26+,27-,31+/m0/s1. The smallest absolute Gasteiger partial charge is 0.313 e. The normalized spacial score (nSPS) is 32.7. The number of benzene rings is 1. The van der Waals surface area contributed by atoms with Crippen molar-refractivity contribution in [3.63, 3.8) is 0 Å². The Hall–Kier alpha value is -3.50. The fourth-order valence-electron chi connectivity index (χ4n) is 6.47. The predicted molar refractivity (Wildman–Crippen MR) is 149 cm³/mol. The summed E-state index contributed by atoms with van der Waals surface area (Å²) in [7, 11) is 0. The molecule has 6 atom stereocenters. The minimum absolute atomic E-state index is 0.0557. The fraction of sp³-hybridized carbons (Fsp3) is 0.548. The summed E-state index contributed by atoms with van der Waals surface area (Å²) in [5.74, 6) is -3.13. The molecule has 41 heavy (non-hydrogen) atoms. The van der Waals surface area contributed by atoms with Gasteiger partial charge in [-0.2, -0.15) is 0 Å². The van der Waals surface area contributed by atoms with E-state index in [0.717, 1.165) is 5.56 Å². The number of cyclic esters (lactones) is 1. The number of hydrogen-bond acceptors (Lipinski definition) is 7. The number of ether oxygens (including phenoxy) is 2. The molecule has 2 fully saturated rings. The molecular formula is C31H39N3O7. The third kappa shape index (κ3) is 5.81. The molecule has 1 aromatic carbocycles. The number of nitrogens with zero attached hydrogens (tertiary/aromatic N) is 2. The molecule has 10 nitrogen and oxygen atoms in total. The van der Waals surface area contributed by atoms with E-state index in [4.69, 9.17) is 9.47 Å². The number of carbonyl (C=O) groups is 4. The first-order chi connectivity index (χ1) is 19.9. The highest BCUT2D eigenvalue weighted by Crippen LogP contribution is 2.53. The maximum atomic E-state index is 14.3. The van der Waals surface area contributed by atoms with E-state index in [1.807, 2.05) is 42.5 Å². The lowest BCUT2D eigenvalue weighted by atomic mass is 9.78. The first-order valence-electron chi connectivity index (χ1n) is 14.6. The monoisotopic (exact) mass is 565 g/mol. The molecule has 4 heterocycles. The largest absolute Gasteiger partial charge is 0.460 e. The number of rotatable bonds is 7. The first kappa shape index (κ1) is 29.0. The Kier molecular flexibility index (Phi) is 8.89. The summed E-state index contributed by atoms with van der Waals surface area (Å²) in [6.07, 6.45) is 8.46. The number of allylic oxidation sites excluding steroid dienone is 1. The van der Waals surface area contributed by atoms with Crippen LogP contribution in [0.3, 0.4) is 0 Å². The highest BCUT2D eigenvalue weighted by molar-refractivity contribution is 5.99. The van der Waals surface area contributed by atoms with E-state index < -0.39 is 41.7 Å². The molecule has 2 saturated heterocycles. The van der Waals surface area contributed by atoms with Gasteiger partial charge in [-0.1, -0.05) is 54.6 Å². The van der Waals surface area contributed by atoms with E-state index in [2.05, 4.69) is 5.32 Å². The van der Waals surface area contributed by atoms with Crippen molar-refractivity contribution in [1.29, 1.82) is 0 Å². The Labute approximate surface area is 240 Å². The van der Waals surface area contributed by atoms with Crippen LogP contribution >= 0.6 is 0 Å². The summed E-state index contributed by atoms with van der Waals surface area (Å²) in [4.78, 5) is 57.7. The number of nitrogens with one attached hydrogen (secondary N) is 1. The van der Waals surface area contributed by atoms with E-state index in [1.54, 1.807) is 28.9 Å². The van der Waals surface area contributed by atoms with Crippen LogP contribution in [0.1, 0.15) is 44.6 Å². The summed E-state index contributed by atoms with van der Waals surface area (Å²) in [6.45, 7) is 2.96. The Bertz CT molecular complexity index is 1200. The molecule has 220 valence electrons. The molecule has 2 N–H and O–H groups in total. The van der Waals surface area contributed by atoms with Gasteiger partial charge in [-0.15, -0.1) is 0 Å². The minimum atomic E-state index is -1.34. The Morgan fingerprint density at radius 1 is 1.05 bits per heavy atom. The maximum Gasteiger partial charge on any atom is 0.313 e. The topological polar surface area (TPSA) is 125 Å². The second-order valence-electron chi connectivity index (χ2n) is 11.3. The van der Waals surface area contributed by atoms with Crippen LogP contribution in [0.5, 0.6) is 0 Å². The van der Waals surface area contributed by atoms with Crippen LogP contribution in [0.15, 0.2) is 54.6 Å². The maximum absolute atomic E-state index is 14.3. The molecule has 0 unspecified atom stereocenters. The number of hydrogen-bond donors (Lipinski definition) is 2. The molecule has 0 aromatic heterocycles. The molecule has 4 aliphatic heterocycles. The van der Waals surface area contributed by atoms with Crippen LogP contribution in [-0.2, 0) is 35.2 Å². The summed E-state index contributed by atoms with van der Waals surface area (Å²) >= 11 is 0. The van der Waals surface area contributed by atoms with Gasteiger partial charge in [-0.05, 0) is 38.2 Å². The number of aliphatic hydroxyl groups is 1. The molecule has 0 radical (unpaired) electrons. The second kappa shape index (κ2) is 12.6. The van der Waals surface area contributed by atoms with Gasteiger partial charge >= 0.3 is 5.97 Å². The lowest BCUT2D eigenvalue weighted by molar-refractivity contribution is -0.158. The third-order valence-electron chi connectivity index (χ3n) is 8.39. The number of likely N-dealkylation sites (tertiary alicyclic amines) is 1. The van der Waals surface area contributed by atoms with Crippen molar-refractivity contribution in [3.05, 3.63) is 60.2 Å². The average Bonchev–Trinajstić information content (AvgIpc) is 3.34. The van der Waals surface area contributed by atoms with Gasteiger partial charge in [-0.25, -0.2) is 0 Å². The van der Waals surface area contributed by atoms with Crippen molar-refractivity contribution in [2.24, 2.45) is 11.8 Å². The molecule has 10 heteroatoms. The second-order valence-corrected chi connectivity index (χ2v) is 11.3. The average molecular weight is 566 g/mol. The number of unbranched alkanes of at least 4 members (excludes halogenated alkanes) is 2. The molecule has 3 amide bonds. The van der Waals surface area contributed by atoms with Crippen LogP contribution in [0.25, 0.3) is 0 Å². The van der Waals surface area contributed by atoms with Crippen LogP contribution < -0.4 is 5.32 Å². The van der Waals surface area contributed by atoms with E-state index >= 15 is 0 Å². The van der Waals surface area contributed by atoms with E-state index in [-0.39, 0.29) is 37.3 Å². The number of esters is 1. The van der Waals surface area contributed by atoms with E-state index in [1.165, 1.54) is 0 Å². The van der Waals surface area contributed by atoms with Gasteiger partial charge in [0.2, 0.25) is 17.7 Å². The van der Waals surface area contributed by atoms with Gasteiger partial charge in [0, 0.05) is 32.7 Å². The van der Waals surface area contributed by atoms with Crippen LogP contribution in [0.4, 0.5) is 0 Å². The lowest BCUT2D eigenvalue weighted by Gasteiger charge is -2.35. The summed E-state index contributed by atoms with van der Waals surface area (Å²) in [6, 6.07) is 8.74. The van der Waals surface area contributed by atoms with Crippen LogP contribution in [0, 0.1) is 11.8 Å². The predicted octanol–water partition coefficient (Wildman–Crippen LogP) is 1.73. The lowest BCUT2D eigenvalue weighted by Crippen LogP contribution is -2.55. The van der Waals surface area contributed by atoms with Crippen molar-refractivity contribution in [3.8, 4) is 0 Å². The molecular weight excluding hydrogens is 526 g/mol. The van der Waals surface area contributed by atoms with Crippen molar-refractivity contribution in [2.45, 2.75) is 69.4 Å². The highest BCUT2D eigenvalue weighted by atomic mass is 16.6. The van der Waals surface area contributed by atoms with Crippen LogP contribution in [0.2, 0.25) is 0 Å². The zero-order valence-corrected chi connectivity index (χ0v) is 23.4. The quantitative estimate of drug-likeness (QED) is 0.293. The molecule has 5 rings (SSSR count). The highest BCUT2D eigenvalue weighted by Gasteiger charge is 2.71. The molecule has 1 spiro atoms. The Balaban J connectivity index is 1.52. The number of fused-ring (bicyclic) bond motifs is 2. The van der Waals surface area contributed by atoms with Crippen molar-refractivity contribution < 1.29 is 33.8 Å². The van der Waals surface area contributed by atoms with Gasteiger partial charge in [0.15, 0.2) is 0 Å². The number of carbonyl (C=O) groups excluding carboxylic acids is 4. The van der Waals surface area contributed by atoms with Gasteiger partial charge < -0.3 is 29.7 Å². The summed E-state index contributed by atoms with van der Waals surface area (Å²) in [5, 5.41) is 12.0. The zero-order chi connectivity index (χ0) is 29.0. The van der Waals surface area contributed by atoms with Crippen molar-refractivity contribution in [1.82, 2.24) is 15.1 Å². The Morgan fingerprint density at radius 3 is 2.63 bits per heavy atom. The summed E-state index contributed by atoms with van der Waals surface area (Å²) in [5.41, 5.74) is -0.370. The number of aliphatic hydroxyl groups excluding tert-OH is 1. The first-order valence-corrected chi connectivity index (χ1v) is 14.6. The van der Waals surface area contributed by atoms with E-state index in [0.29, 0.717) is 45.3 Å². The molecule has 0 bridgehead atoms. The summed E-state index contributed by atoms with van der Waals surface area (Å²) < 4.78 is 12.4. The Morgan fingerprint density at radius 2 is 1.85 bits per heavy atom. The molecule has 1 aromatic rings. The van der Waals surface area contributed by atoms with Crippen molar-refractivity contribution in [2.75, 3.05) is 26.2 Å². The van der Waals surface area contributed by atoms with Gasteiger partial charge in [0.05, 0.1) is 18.6 Å². The van der Waals surface area contributed by atoms with Crippen molar-refractivity contribution >= 4 is 23.7 Å². The van der Waals surface area contributed by atoms with Gasteiger partial charge in [0.1, 0.15) is 23.7 Å². The van der Waals surface area contributed by atoms with Gasteiger partial charge in [-0.3, -0.25) is 19.2 Å². The number of amides is 3. The minimum Gasteiger partial charge on any atom is -0.460 e. The van der Waals surface area contributed by atoms with Crippen LogP contribution in [-0.4, -0.2) is 88.7 Å². The van der Waals surface area contributed by atoms with Gasteiger partial charge in [0.25, 0.3) is 0 Å². The van der Waals surface area contributed by atoms with E-state index in [9.17, 15) is 24.3 Å². The third-order valence-corrected chi connectivity index (χ3v) is 8.39. The zero-order valence-electron chi connectivity index (χ0n) is 23.4. The molecule has 0 saturated carbocycles. The SMILES string of the molecule is C[C@H]1CNC(=O)CC/C=C\[C@@H]2O[C@@]34C=CCN(Cc5ccccc5)C(=O)[C@@H]3N(CCCCCO)C(=O)[C@H]4[C@@H]2C(=O)O1. The molecule has 0 aliphatic carbocycles.